The summed E-state index contributed by atoms with van der Waals surface area (Å²) < 4.78 is 35.3. The molecule has 3 aromatic rings. The summed E-state index contributed by atoms with van der Waals surface area (Å²) in [5, 5.41) is 7.43. The summed E-state index contributed by atoms with van der Waals surface area (Å²) >= 11 is 0. The number of nitrogens with one attached hydrogen (secondary N) is 1. The van der Waals surface area contributed by atoms with E-state index < -0.39 is 11.6 Å². The molecule has 1 heterocycles. The average molecular weight is 443 g/mol. The molecule has 0 spiro atoms. The lowest BCUT2D eigenvalue weighted by molar-refractivity contribution is 0.187. The van der Waals surface area contributed by atoms with E-state index in [1.165, 1.54) is 6.07 Å². The zero-order chi connectivity index (χ0) is 23.3. The summed E-state index contributed by atoms with van der Waals surface area (Å²) in [5.41, 5.74) is 2.00. The van der Waals surface area contributed by atoms with Gasteiger partial charge in [0, 0.05) is 19.2 Å². The molecular formula is C24H28F2N4O2. The van der Waals surface area contributed by atoms with Crippen molar-refractivity contribution in [3.8, 4) is 17.3 Å². The van der Waals surface area contributed by atoms with Crippen molar-refractivity contribution in [1.82, 2.24) is 20.0 Å². The Morgan fingerprint density at radius 1 is 1.19 bits per heavy atom. The van der Waals surface area contributed by atoms with Gasteiger partial charge in [-0.1, -0.05) is 32.0 Å². The number of urea groups is 1. The van der Waals surface area contributed by atoms with Crippen LogP contribution in [0.1, 0.15) is 32.0 Å². The second kappa shape index (κ2) is 10.3. The van der Waals surface area contributed by atoms with Gasteiger partial charge < -0.3 is 15.0 Å². The van der Waals surface area contributed by atoms with Gasteiger partial charge in [-0.25, -0.2) is 18.3 Å². The Bertz CT molecular complexity index is 1070. The number of ether oxygens (including phenoxy) is 1. The second-order valence-corrected chi connectivity index (χ2v) is 7.90. The number of carbonyl (C=O) groups excluding carboxylic acids is 1. The van der Waals surface area contributed by atoms with Crippen molar-refractivity contribution in [2.75, 3.05) is 13.1 Å². The molecule has 0 saturated heterocycles. The minimum Gasteiger partial charge on any atom is -0.435 e. The Labute approximate surface area is 186 Å². The van der Waals surface area contributed by atoms with Crippen LogP contribution < -0.4 is 10.1 Å². The third-order valence-electron chi connectivity index (χ3n) is 4.79. The van der Waals surface area contributed by atoms with Crippen molar-refractivity contribution in [3.05, 3.63) is 71.4 Å². The van der Waals surface area contributed by atoms with Gasteiger partial charge in [0.05, 0.1) is 23.5 Å². The largest absolute Gasteiger partial charge is 0.435 e. The van der Waals surface area contributed by atoms with Crippen molar-refractivity contribution in [2.24, 2.45) is 5.92 Å². The Kier molecular flexibility index (Phi) is 7.45. The lowest BCUT2D eigenvalue weighted by atomic mass is 10.1. The quantitative estimate of drug-likeness (QED) is 0.505. The highest BCUT2D eigenvalue weighted by atomic mass is 19.1. The van der Waals surface area contributed by atoms with Gasteiger partial charge in [-0.05, 0) is 44.0 Å². The number of halogens is 2. The van der Waals surface area contributed by atoms with Gasteiger partial charge in [0.25, 0.3) is 0 Å². The van der Waals surface area contributed by atoms with E-state index in [1.54, 1.807) is 9.58 Å². The maximum atomic E-state index is 14.4. The molecule has 8 heteroatoms. The Balaban J connectivity index is 2.08. The minimum absolute atomic E-state index is 0.127. The second-order valence-electron chi connectivity index (χ2n) is 7.90. The molecule has 0 fully saturated rings. The number of aromatic nitrogens is 2. The van der Waals surface area contributed by atoms with E-state index in [0.717, 1.165) is 12.1 Å². The molecule has 6 nitrogen and oxygen atoms in total. The van der Waals surface area contributed by atoms with Crippen LogP contribution >= 0.6 is 0 Å². The number of hydrogen-bond donors (Lipinski definition) is 1. The first-order valence-corrected chi connectivity index (χ1v) is 10.6. The van der Waals surface area contributed by atoms with Crippen molar-refractivity contribution >= 4 is 6.03 Å². The number of amides is 2. The molecule has 0 unspecified atom stereocenters. The molecule has 0 radical (unpaired) electrons. The number of nitrogens with zero attached hydrogens (tertiary/aromatic N) is 3. The van der Waals surface area contributed by atoms with Gasteiger partial charge in [-0.15, -0.1) is 0 Å². The molecule has 3 rings (SSSR count). The molecule has 170 valence electrons. The van der Waals surface area contributed by atoms with E-state index >= 15 is 0 Å². The molecular weight excluding hydrogens is 414 g/mol. The smallest absolute Gasteiger partial charge is 0.317 e. The van der Waals surface area contributed by atoms with E-state index in [0.29, 0.717) is 30.0 Å². The summed E-state index contributed by atoms with van der Waals surface area (Å²) in [7, 11) is 0. The van der Waals surface area contributed by atoms with E-state index in [2.05, 4.69) is 10.4 Å². The third-order valence-corrected chi connectivity index (χ3v) is 4.79. The zero-order valence-corrected chi connectivity index (χ0v) is 18.7. The molecule has 0 atom stereocenters. The van der Waals surface area contributed by atoms with Crippen LogP contribution in [0.4, 0.5) is 13.6 Å². The van der Waals surface area contributed by atoms with Crippen molar-refractivity contribution in [2.45, 2.75) is 34.2 Å². The normalized spacial score (nSPS) is 11.0. The average Bonchev–Trinajstić information content (AvgIpc) is 3.05. The number of para-hydroxylation sites is 1. The molecule has 2 aromatic carbocycles. The molecule has 0 aliphatic carbocycles. The SMILES string of the molecule is CCNC(=O)N(Cc1c(C)nn(-c2ccccc2)c1Oc1ccc(F)cc1F)CC(C)C. The third kappa shape index (κ3) is 5.43. The highest BCUT2D eigenvalue weighted by Gasteiger charge is 2.24. The molecule has 0 aliphatic rings. The van der Waals surface area contributed by atoms with Gasteiger partial charge in [-0.2, -0.15) is 5.10 Å². The predicted molar refractivity (Wildman–Crippen MR) is 119 cm³/mol. The monoisotopic (exact) mass is 442 g/mol. The van der Waals surface area contributed by atoms with E-state index in [9.17, 15) is 13.6 Å². The van der Waals surface area contributed by atoms with Crippen LogP contribution in [0.3, 0.4) is 0 Å². The first kappa shape index (κ1) is 23.2. The number of benzene rings is 2. The van der Waals surface area contributed by atoms with Crippen LogP contribution in [-0.2, 0) is 6.54 Å². The number of aryl methyl sites for hydroxylation is 1. The summed E-state index contributed by atoms with van der Waals surface area (Å²) in [6, 6.07) is 12.2. The summed E-state index contributed by atoms with van der Waals surface area (Å²) in [6.07, 6.45) is 0. The summed E-state index contributed by atoms with van der Waals surface area (Å²) in [5.74, 6) is -1.13. The van der Waals surface area contributed by atoms with Crippen molar-refractivity contribution < 1.29 is 18.3 Å². The number of carbonyl (C=O) groups is 1. The molecule has 1 N–H and O–H groups in total. The molecule has 32 heavy (non-hydrogen) atoms. The highest BCUT2D eigenvalue weighted by molar-refractivity contribution is 5.74. The van der Waals surface area contributed by atoms with E-state index in [-0.39, 0.29) is 30.1 Å². The topological polar surface area (TPSA) is 59.4 Å². The maximum absolute atomic E-state index is 14.4. The fraction of sp³-hybridized carbons (Fsp3) is 0.333. The summed E-state index contributed by atoms with van der Waals surface area (Å²) in [4.78, 5) is 14.4. The van der Waals surface area contributed by atoms with Gasteiger partial charge in [-0.3, -0.25) is 0 Å². The van der Waals surface area contributed by atoms with Gasteiger partial charge in [0.2, 0.25) is 5.88 Å². The van der Waals surface area contributed by atoms with Gasteiger partial charge >= 0.3 is 6.03 Å². The minimum atomic E-state index is -0.822. The van der Waals surface area contributed by atoms with E-state index in [4.69, 9.17) is 4.74 Å². The van der Waals surface area contributed by atoms with E-state index in [1.807, 2.05) is 58.0 Å². The Morgan fingerprint density at radius 3 is 2.53 bits per heavy atom. The predicted octanol–water partition coefficient (Wildman–Crippen LogP) is 5.44. The van der Waals surface area contributed by atoms with Crippen LogP contribution in [-0.4, -0.2) is 33.8 Å². The maximum Gasteiger partial charge on any atom is 0.317 e. The number of rotatable bonds is 8. The first-order valence-electron chi connectivity index (χ1n) is 10.6. The van der Waals surface area contributed by atoms with Gasteiger partial charge in [0.1, 0.15) is 5.82 Å². The van der Waals surface area contributed by atoms with Gasteiger partial charge in [0.15, 0.2) is 11.6 Å². The summed E-state index contributed by atoms with van der Waals surface area (Å²) in [6.45, 7) is 8.96. The van der Waals surface area contributed by atoms with Crippen LogP contribution in [0.5, 0.6) is 11.6 Å². The lowest BCUT2D eigenvalue weighted by Crippen LogP contribution is -2.41. The van der Waals surface area contributed by atoms with Crippen LogP contribution in [0.15, 0.2) is 48.5 Å². The first-order chi connectivity index (χ1) is 15.3. The highest BCUT2D eigenvalue weighted by Crippen LogP contribution is 2.33. The van der Waals surface area contributed by atoms with Crippen LogP contribution in [0, 0.1) is 24.5 Å². The molecule has 0 bridgehead atoms. The van der Waals surface area contributed by atoms with Crippen LogP contribution in [0.2, 0.25) is 0 Å². The fourth-order valence-corrected chi connectivity index (χ4v) is 3.35. The fourth-order valence-electron chi connectivity index (χ4n) is 3.35. The lowest BCUT2D eigenvalue weighted by Gasteiger charge is -2.25. The molecule has 0 aliphatic heterocycles. The van der Waals surface area contributed by atoms with Crippen molar-refractivity contribution in [3.63, 3.8) is 0 Å². The molecule has 1 aromatic heterocycles. The number of hydrogen-bond acceptors (Lipinski definition) is 3. The standard InChI is InChI=1S/C24H28F2N4O2/c1-5-27-24(31)29(14-16(2)3)15-20-17(4)28-30(19-9-7-6-8-10-19)23(20)32-22-12-11-18(25)13-21(22)26/h6-13,16H,5,14-15H2,1-4H3,(H,27,31). The Morgan fingerprint density at radius 2 is 1.91 bits per heavy atom. The van der Waals surface area contributed by atoms with Crippen LogP contribution in [0.25, 0.3) is 5.69 Å². The molecule has 0 saturated carbocycles. The Hall–Kier alpha value is -3.42. The zero-order valence-electron chi connectivity index (χ0n) is 18.7. The molecule has 2 amide bonds. The van der Waals surface area contributed by atoms with Crippen molar-refractivity contribution in [1.29, 1.82) is 0 Å².